The SMILES string of the molecule is [13CH3][13C@@H](N)[13CH2]O. The van der Waals surface area contributed by atoms with Crippen LogP contribution in [0.2, 0.25) is 0 Å². The van der Waals surface area contributed by atoms with E-state index in [1.165, 1.54) is 0 Å². The van der Waals surface area contributed by atoms with Crippen molar-refractivity contribution in [2.75, 3.05) is 6.61 Å². The van der Waals surface area contributed by atoms with Crippen LogP contribution in [0.3, 0.4) is 0 Å². The topological polar surface area (TPSA) is 46.2 Å². The lowest BCUT2D eigenvalue weighted by molar-refractivity contribution is 0.273. The molecule has 0 rings (SSSR count). The number of hydrogen-bond acceptors (Lipinski definition) is 2. The summed E-state index contributed by atoms with van der Waals surface area (Å²) in [6.45, 7) is 1.83. The molecule has 0 unspecified atom stereocenters. The molecule has 1 atom stereocenters. The van der Waals surface area contributed by atoms with Crippen LogP contribution in [0.5, 0.6) is 0 Å². The van der Waals surface area contributed by atoms with E-state index in [-0.39, 0.29) is 12.6 Å². The van der Waals surface area contributed by atoms with Crippen LogP contribution in [0.1, 0.15) is 6.92 Å². The van der Waals surface area contributed by atoms with Gasteiger partial charge in [0.2, 0.25) is 0 Å². The van der Waals surface area contributed by atoms with Crippen LogP contribution in [0.15, 0.2) is 0 Å². The Kier molecular flexibility index (Phi) is 2.14. The second-order valence-electron chi connectivity index (χ2n) is 1.16. The lowest BCUT2D eigenvalue weighted by atomic mass is 11.3. The van der Waals surface area contributed by atoms with Gasteiger partial charge in [0.15, 0.2) is 0 Å². The van der Waals surface area contributed by atoms with Crippen molar-refractivity contribution in [1.29, 1.82) is 0 Å². The first-order valence-electron chi connectivity index (χ1n) is 1.64. The number of aliphatic hydroxyl groups is 1. The van der Waals surface area contributed by atoms with Gasteiger partial charge in [0, 0.05) is 6.04 Å². The van der Waals surface area contributed by atoms with Crippen LogP contribution >= 0.6 is 0 Å². The molecular weight excluding hydrogens is 69.0 g/mol. The molecule has 2 heteroatoms. The van der Waals surface area contributed by atoms with E-state index in [9.17, 15) is 0 Å². The molecule has 0 saturated carbocycles. The van der Waals surface area contributed by atoms with Crippen LogP contribution in [-0.4, -0.2) is 17.8 Å². The molecule has 0 amide bonds. The number of aliphatic hydroxyl groups excluding tert-OH is 1. The predicted octanol–water partition coefficient (Wildman–Crippen LogP) is -0.674. The Bertz CT molecular complexity index is 20.9. The van der Waals surface area contributed by atoms with Crippen LogP contribution in [0, 0.1) is 0 Å². The Morgan fingerprint density at radius 3 is 2.20 bits per heavy atom. The van der Waals surface area contributed by atoms with Gasteiger partial charge in [-0.3, -0.25) is 0 Å². The van der Waals surface area contributed by atoms with Crippen molar-refractivity contribution in [3.63, 3.8) is 0 Å². The van der Waals surface area contributed by atoms with Crippen molar-refractivity contribution in [1.82, 2.24) is 0 Å². The third-order valence-corrected chi connectivity index (χ3v) is 0.288. The molecule has 0 fully saturated rings. The van der Waals surface area contributed by atoms with Crippen LogP contribution in [0.25, 0.3) is 0 Å². The Morgan fingerprint density at radius 2 is 2.20 bits per heavy atom. The van der Waals surface area contributed by atoms with Gasteiger partial charge in [0.25, 0.3) is 0 Å². The Morgan fingerprint density at radius 1 is 2.00 bits per heavy atom. The van der Waals surface area contributed by atoms with Gasteiger partial charge >= 0.3 is 0 Å². The lowest BCUT2D eigenvalue weighted by Gasteiger charge is -1.91. The molecule has 2 nitrogen and oxygen atoms in total. The molecule has 5 heavy (non-hydrogen) atoms. The molecule has 0 bridgehead atoms. The van der Waals surface area contributed by atoms with Gasteiger partial charge in [-0.05, 0) is 6.92 Å². The van der Waals surface area contributed by atoms with E-state index in [1.54, 1.807) is 6.92 Å². The van der Waals surface area contributed by atoms with Gasteiger partial charge in [-0.1, -0.05) is 0 Å². The summed E-state index contributed by atoms with van der Waals surface area (Å²) < 4.78 is 0. The van der Waals surface area contributed by atoms with Crippen molar-refractivity contribution in [2.45, 2.75) is 13.0 Å². The predicted molar refractivity (Wildman–Crippen MR) is 20.7 cm³/mol. The van der Waals surface area contributed by atoms with E-state index in [1.807, 2.05) is 0 Å². The van der Waals surface area contributed by atoms with Crippen molar-refractivity contribution in [3.05, 3.63) is 0 Å². The van der Waals surface area contributed by atoms with E-state index < -0.39 is 0 Å². The van der Waals surface area contributed by atoms with Gasteiger partial charge in [-0.2, -0.15) is 0 Å². The quantitative estimate of drug-likeness (QED) is 0.408. The highest BCUT2D eigenvalue weighted by atomic mass is 16.3. The maximum Gasteiger partial charge on any atom is 0.0579 e. The summed E-state index contributed by atoms with van der Waals surface area (Å²) in [5, 5.41) is 8.02. The van der Waals surface area contributed by atoms with Gasteiger partial charge in [-0.25, -0.2) is 0 Å². The number of nitrogens with two attached hydrogens (primary N) is 1. The monoisotopic (exact) mass is 78.1 g/mol. The molecule has 0 aliphatic carbocycles. The van der Waals surface area contributed by atoms with Crippen molar-refractivity contribution >= 4 is 0 Å². The largest absolute Gasteiger partial charge is 0.395 e. The maximum absolute atomic E-state index is 8.02. The zero-order chi connectivity index (χ0) is 4.28. The number of hydrogen-bond donors (Lipinski definition) is 2. The van der Waals surface area contributed by atoms with Crippen molar-refractivity contribution in [3.8, 4) is 0 Å². The molecule has 0 radical (unpaired) electrons. The van der Waals surface area contributed by atoms with Gasteiger partial charge in [0.05, 0.1) is 6.61 Å². The second-order valence-corrected chi connectivity index (χ2v) is 1.16. The summed E-state index contributed by atoms with van der Waals surface area (Å²) in [4.78, 5) is 0. The molecule has 0 aliphatic heterocycles. The molecule has 0 saturated heterocycles. The average molecular weight is 78.1 g/mol. The van der Waals surface area contributed by atoms with Crippen LogP contribution in [-0.2, 0) is 0 Å². The van der Waals surface area contributed by atoms with Gasteiger partial charge < -0.3 is 10.8 Å². The van der Waals surface area contributed by atoms with E-state index in [2.05, 4.69) is 0 Å². The summed E-state index contributed by atoms with van der Waals surface area (Å²) in [5.41, 5.74) is 5.04. The van der Waals surface area contributed by atoms with E-state index >= 15 is 0 Å². The molecule has 0 aromatic heterocycles. The number of rotatable bonds is 1. The standard InChI is InChI=1S/C3H9NO/c1-3(4)2-5/h3,5H,2,4H2,1H3/t3-/m1/s1/i1+1,2+1,3+1. The summed E-state index contributed by atoms with van der Waals surface area (Å²) in [5.74, 6) is 0. The first-order valence-corrected chi connectivity index (χ1v) is 1.64. The average Bonchev–Trinajstić information content (AvgIpc) is 1.38. The van der Waals surface area contributed by atoms with Crippen LogP contribution < -0.4 is 5.73 Å². The normalized spacial score (nSPS) is 15.0. The maximum atomic E-state index is 8.02. The highest BCUT2D eigenvalue weighted by molar-refractivity contribution is 4.43. The minimum atomic E-state index is -0.0602. The summed E-state index contributed by atoms with van der Waals surface area (Å²) in [6, 6.07) is -0.0602. The molecule has 32 valence electrons. The minimum Gasteiger partial charge on any atom is -0.395 e. The molecular formula is C3H9NO. The zero-order valence-corrected chi connectivity index (χ0v) is 3.31. The van der Waals surface area contributed by atoms with E-state index in [4.69, 9.17) is 10.8 Å². The fourth-order valence-corrected chi connectivity index (χ4v) is 0. The molecule has 0 aromatic carbocycles. The van der Waals surface area contributed by atoms with Crippen molar-refractivity contribution < 1.29 is 5.11 Å². The fourth-order valence-electron chi connectivity index (χ4n) is 0. The van der Waals surface area contributed by atoms with E-state index in [0.29, 0.717) is 0 Å². The first-order chi connectivity index (χ1) is 2.27. The fraction of sp³-hybridized carbons (Fsp3) is 1.00. The molecule has 0 spiro atoms. The van der Waals surface area contributed by atoms with Crippen LogP contribution in [0.4, 0.5) is 0 Å². The first kappa shape index (κ1) is 4.92. The highest BCUT2D eigenvalue weighted by Gasteiger charge is 1.81. The smallest absolute Gasteiger partial charge is 0.0579 e. The van der Waals surface area contributed by atoms with Gasteiger partial charge in [-0.15, -0.1) is 0 Å². The third kappa shape index (κ3) is 3.92. The molecule has 0 heterocycles. The Labute approximate surface area is 31.6 Å². The third-order valence-electron chi connectivity index (χ3n) is 0.288. The molecule has 3 N–H and O–H groups in total. The van der Waals surface area contributed by atoms with Crippen molar-refractivity contribution in [2.24, 2.45) is 5.73 Å². The summed E-state index contributed by atoms with van der Waals surface area (Å²) >= 11 is 0. The van der Waals surface area contributed by atoms with Gasteiger partial charge in [0.1, 0.15) is 0 Å². The highest BCUT2D eigenvalue weighted by Crippen LogP contribution is 1.62. The molecule has 0 aliphatic rings. The minimum absolute atomic E-state index is 0.0602. The summed E-state index contributed by atoms with van der Waals surface area (Å²) in [7, 11) is 0. The van der Waals surface area contributed by atoms with E-state index in [0.717, 1.165) is 0 Å². The summed E-state index contributed by atoms with van der Waals surface area (Å²) in [6.07, 6.45) is 0. The molecule has 0 aromatic rings. The lowest BCUT2D eigenvalue weighted by Crippen LogP contribution is -2.18. The zero-order valence-electron chi connectivity index (χ0n) is 3.31. The Balaban J connectivity index is 2.54. The Hall–Kier alpha value is -0.0800. The second kappa shape index (κ2) is 2.18.